The van der Waals surface area contributed by atoms with Crippen LogP contribution in [0.2, 0.25) is 0 Å². The number of halogens is 3. The lowest BCUT2D eigenvalue weighted by molar-refractivity contribution is 0.0755. The summed E-state index contributed by atoms with van der Waals surface area (Å²) in [6, 6.07) is 0. The van der Waals surface area contributed by atoms with Crippen molar-refractivity contribution in [2.24, 2.45) is 0 Å². The average Bonchev–Trinajstić information content (AvgIpc) is 1.97. The Morgan fingerprint density at radius 2 is 1.83 bits per heavy atom. The van der Waals surface area contributed by atoms with Gasteiger partial charge in [-0.1, -0.05) is 0 Å². The van der Waals surface area contributed by atoms with Gasteiger partial charge in [0.1, 0.15) is 6.67 Å². The molecule has 2 atom stereocenters. The van der Waals surface area contributed by atoms with Crippen LogP contribution in [0.4, 0.5) is 13.2 Å². The van der Waals surface area contributed by atoms with Crippen LogP contribution < -0.4 is 0 Å². The summed E-state index contributed by atoms with van der Waals surface area (Å²) in [5.41, 5.74) is 0. The standard InChI is InChI=1S/C4H8F3O4P/c5-1-3(6)4(7)2-11-12(8,9)10/h3-4H,1-2H2,(H2,8,9,10). The Labute approximate surface area is 66.6 Å². The first-order valence-corrected chi connectivity index (χ1v) is 4.44. The molecule has 0 fully saturated rings. The summed E-state index contributed by atoms with van der Waals surface area (Å²) in [6.07, 6.45) is -4.76. The van der Waals surface area contributed by atoms with Gasteiger partial charge >= 0.3 is 7.82 Å². The molecule has 0 saturated carbocycles. The van der Waals surface area contributed by atoms with Gasteiger partial charge in [-0.15, -0.1) is 0 Å². The van der Waals surface area contributed by atoms with Crippen molar-refractivity contribution in [2.45, 2.75) is 12.3 Å². The summed E-state index contributed by atoms with van der Waals surface area (Å²) in [7, 11) is -4.80. The van der Waals surface area contributed by atoms with Gasteiger partial charge in [-0.05, 0) is 0 Å². The van der Waals surface area contributed by atoms with Crippen LogP contribution in [0.25, 0.3) is 0 Å². The van der Waals surface area contributed by atoms with Crippen molar-refractivity contribution in [1.82, 2.24) is 0 Å². The highest BCUT2D eigenvalue weighted by Gasteiger charge is 2.24. The van der Waals surface area contributed by atoms with Crippen LogP contribution in [-0.2, 0) is 9.09 Å². The summed E-state index contributed by atoms with van der Waals surface area (Å²) >= 11 is 0. The molecule has 0 rings (SSSR count). The number of hydrogen-bond acceptors (Lipinski definition) is 2. The first-order valence-electron chi connectivity index (χ1n) is 2.91. The molecule has 8 heteroatoms. The van der Waals surface area contributed by atoms with Gasteiger partial charge in [-0.3, -0.25) is 4.52 Å². The first-order chi connectivity index (χ1) is 5.37. The van der Waals surface area contributed by atoms with Crippen molar-refractivity contribution in [3.05, 3.63) is 0 Å². The number of phosphoric acid groups is 1. The molecule has 0 aliphatic carbocycles. The molecule has 0 aromatic heterocycles. The number of hydrogen-bond donors (Lipinski definition) is 2. The van der Waals surface area contributed by atoms with E-state index in [0.717, 1.165) is 0 Å². The van der Waals surface area contributed by atoms with Crippen LogP contribution in [-0.4, -0.2) is 35.4 Å². The predicted molar refractivity (Wildman–Crippen MR) is 33.8 cm³/mol. The normalized spacial score (nSPS) is 17.4. The minimum atomic E-state index is -4.80. The largest absolute Gasteiger partial charge is 0.469 e. The fraction of sp³-hybridized carbons (Fsp3) is 1.00. The molecule has 74 valence electrons. The van der Waals surface area contributed by atoms with E-state index < -0.39 is 33.4 Å². The van der Waals surface area contributed by atoms with Gasteiger partial charge in [0, 0.05) is 0 Å². The molecule has 12 heavy (non-hydrogen) atoms. The molecule has 0 saturated heterocycles. The van der Waals surface area contributed by atoms with Crippen molar-refractivity contribution in [3.8, 4) is 0 Å². The van der Waals surface area contributed by atoms with Crippen LogP contribution in [0.3, 0.4) is 0 Å². The molecule has 0 aliphatic heterocycles. The smallest absolute Gasteiger partial charge is 0.303 e. The second kappa shape index (κ2) is 4.81. The van der Waals surface area contributed by atoms with E-state index in [1.807, 2.05) is 0 Å². The molecule has 0 aliphatic rings. The van der Waals surface area contributed by atoms with Gasteiger partial charge < -0.3 is 9.79 Å². The van der Waals surface area contributed by atoms with Crippen molar-refractivity contribution in [2.75, 3.05) is 13.3 Å². The number of alkyl halides is 3. The molecule has 0 aromatic rings. The van der Waals surface area contributed by atoms with E-state index in [4.69, 9.17) is 9.79 Å². The second-order valence-corrected chi connectivity index (χ2v) is 3.21. The molecular weight excluding hydrogens is 200 g/mol. The van der Waals surface area contributed by atoms with Crippen molar-refractivity contribution < 1.29 is 32.0 Å². The molecule has 0 amide bonds. The minimum absolute atomic E-state index is 1.16. The van der Waals surface area contributed by atoms with E-state index >= 15 is 0 Å². The zero-order valence-electron chi connectivity index (χ0n) is 5.86. The third-order valence-electron chi connectivity index (χ3n) is 0.942. The zero-order valence-corrected chi connectivity index (χ0v) is 6.76. The van der Waals surface area contributed by atoms with Gasteiger partial charge in [0.25, 0.3) is 0 Å². The van der Waals surface area contributed by atoms with Gasteiger partial charge in [0.2, 0.25) is 0 Å². The minimum Gasteiger partial charge on any atom is -0.303 e. The van der Waals surface area contributed by atoms with Crippen LogP contribution in [0, 0.1) is 0 Å². The monoisotopic (exact) mass is 208 g/mol. The molecular formula is C4H8F3O4P. The number of phosphoric ester groups is 1. The van der Waals surface area contributed by atoms with Crippen molar-refractivity contribution >= 4 is 7.82 Å². The maximum atomic E-state index is 12.2. The van der Waals surface area contributed by atoms with Crippen LogP contribution in [0.15, 0.2) is 0 Å². The summed E-state index contributed by atoms with van der Waals surface area (Å²) in [5, 5.41) is 0. The van der Waals surface area contributed by atoms with Crippen LogP contribution in [0.5, 0.6) is 0 Å². The van der Waals surface area contributed by atoms with Crippen molar-refractivity contribution in [1.29, 1.82) is 0 Å². The van der Waals surface area contributed by atoms with E-state index in [-0.39, 0.29) is 0 Å². The fourth-order valence-corrected chi connectivity index (χ4v) is 0.706. The van der Waals surface area contributed by atoms with Gasteiger partial charge in [-0.2, -0.15) is 0 Å². The summed E-state index contributed by atoms with van der Waals surface area (Å²) in [6.45, 7) is -2.71. The topological polar surface area (TPSA) is 66.8 Å². The maximum Gasteiger partial charge on any atom is 0.469 e. The first kappa shape index (κ1) is 11.9. The highest BCUT2D eigenvalue weighted by molar-refractivity contribution is 7.46. The Balaban J connectivity index is 3.71. The Morgan fingerprint density at radius 3 is 2.17 bits per heavy atom. The Kier molecular flexibility index (Phi) is 4.77. The van der Waals surface area contributed by atoms with E-state index in [1.54, 1.807) is 0 Å². The lowest BCUT2D eigenvalue weighted by atomic mass is 10.3. The lowest BCUT2D eigenvalue weighted by Gasteiger charge is -2.10. The SMILES string of the molecule is O=P(O)(O)OCC(F)C(F)CF. The van der Waals surface area contributed by atoms with Crippen molar-refractivity contribution in [3.63, 3.8) is 0 Å². The van der Waals surface area contributed by atoms with Gasteiger partial charge in [-0.25, -0.2) is 17.7 Å². The quantitative estimate of drug-likeness (QED) is 0.654. The highest BCUT2D eigenvalue weighted by Crippen LogP contribution is 2.36. The summed E-state index contributed by atoms with van der Waals surface area (Å²) < 4.78 is 49.2. The summed E-state index contributed by atoms with van der Waals surface area (Å²) in [5.74, 6) is 0. The molecule has 0 bridgehead atoms. The Morgan fingerprint density at radius 1 is 1.33 bits per heavy atom. The third-order valence-corrected chi connectivity index (χ3v) is 1.43. The average molecular weight is 208 g/mol. The van der Waals surface area contributed by atoms with Crippen LogP contribution >= 0.6 is 7.82 Å². The molecule has 2 unspecified atom stereocenters. The lowest BCUT2D eigenvalue weighted by Crippen LogP contribution is -2.24. The maximum absolute atomic E-state index is 12.2. The molecule has 0 radical (unpaired) electrons. The van der Waals surface area contributed by atoms with Gasteiger partial charge in [0.05, 0.1) is 6.61 Å². The molecule has 4 nitrogen and oxygen atoms in total. The van der Waals surface area contributed by atoms with E-state index in [2.05, 4.69) is 4.52 Å². The Bertz CT molecular complexity index is 172. The molecule has 0 aromatic carbocycles. The van der Waals surface area contributed by atoms with E-state index in [1.165, 1.54) is 0 Å². The fourth-order valence-electron chi connectivity index (χ4n) is 0.369. The summed E-state index contributed by atoms with van der Waals surface area (Å²) in [4.78, 5) is 16.1. The Hall–Kier alpha value is -0.100. The number of rotatable bonds is 5. The third kappa shape index (κ3) is 5.54. The van der Waals surface area contributed by atoms with E-state index in [9.17, 15) is 17.7 Å². The van der Waals surface area contributed by atoms with E-state index in [0.29, 0.717) is 0 Å². The second-order valence-electron chi connectivity index (χ2n) is 1.97. The predicted octanol–water partition coefficient (Wildman–Crippen LogP) is 0.741. The zero-order chi connectivity index (χ0) is 9.78. The molecule has 0 spiro atoms. The molecule has 2 N–H and O–H groups in total. The van der Waals surface area contributed by atoms with Crippen LogP contribution in [0.1, 0.15) is 0 Å². The highest BCUT2D eigenvalue weighted by atomic mass is 31.2. The molecule has 0 heterocycles. The van der Waals surface area contributed by atoms with Gasteiger partial charge in [0.15, 0.2) is 12.3 Å².